The molecule has 0 saturated heterocycles. The normalized spacial score (nSPS) is 11.0. The predicted molar refractivity (Wildman–Crippen MR) is 44.8 cm³/mol. The molecule has 0 unspecified atom stereocenters. The van der Waals surface area contributed by atoms with Gasteiger partial charge in [-0.15, -0.1) is 0 Å². The van der Waals surface area contributed by atoms with Crippen molar-refractivity contribution < 1.29 is 9.47 Å². The lowest BCUT2D eigenvalue weighted by Gasteiger charge is -2.13. The van der Waals surface area contributed by atoms with E-state index < -0.39 is 0 Å². The molecule has 1 heterocycles. The van der Waals surface area contributed by atoms with Crippen molar-refractivity contribution in [2.45, 2.75) is 19.8 Å². The van der Waals surface area contributed by atoms with Crippen LogP contribution >= 0.6 is 0 Å². The zero-order valence-electron chi connectivity index (χ0n) is 7.65. The van der Waals surface area contributed by atoms with Gasteiger partial charge in [0, 0.05) is 26.1 Å². The third kappa shape index (κ3) is 2.06. The van der Waals surface area contributed by atoms with E-state index >= 15 is 0 Å². The quantitative estimate of drug-likeness (QED) is 0.627. The van der Waals surface area contributed by atoms with E-state index in [1.165, 1.54) is 0 Å². The minimum absolute atomic E-state index is 0.219. The Labute approximate surface area is 72.1 Å². The fourth-order valence-corrected chi connectivity index (χ4v) is 0.976. The Balaban J connectivity index is 2.56. The number of ether oxygens (including phenoxy) is 2. The molecule has 0 atom stereocenters. The van der Waals surface area contributed by atoms with Gasteiger partial charge in [0.15, 0.2) is 6.29 Å². The van der Waals surface area contributed by atoms with Crippen LogP contribution in [-0.4, -0.2) is 30.3 Å². The summed E-state index contributed by atoms with van der Waals surface area (Å²) in [5, 5.41) is 4.11. The summed E-state index contributed by atoms with van der Waals surface area (Å²) < 4.78 is 11.9. The second-order valence-corrected chi connectivity index (χ2v) is 2.56. The second kappa shape index (κ2) is 4.23. The molecule has 1 rings (SSSR count). The number of rotatable bonds is 4. The molecule has 0 aliphatic carbocycles. The molecule has 1 aromatic heterocycles. The van der Waals surface area contributed by atoms with Gasteiger partial charge in [-0.05, 0) is 13.0 Å². The highest BCUT2D eigenvalue weighted by molar-refractivity contribution is 4.96. The van der Waals surface area contributed by atoms with Crippen LogP contribution in [0.1, 0.15) is 5.69 Å². The van der Waals surface area contributed by atoms with Crippen molar-refractivity contribution in [2.24, 2.45) is 0 Å². The van der Waals surface area contributed by atoms with Crippen molar-refractivity contribution >= 4 is 0 Å². The fraction of sp³-hybridized carbons (Fsp3) is 0.625. The molecule has 12 heavy (non-hydrogen) atoms. The third-order valence-electron chi connectivity index (χ3n) is 1.78. The Bertz CT molecular complexity index is 231. The number of hydrogen-bond donors (Lipinski definition) is 0. The Morgan fingerprint density at radius 2 is 2.17 bits per heavy atom. The van der Waals surface area contributed by atoms with Crippen LogP contribution < -0.4 is 0 Å². The molecule has 0 bridgehead atoms. The first-order chi connectivity index (χ1) is 5.77. The van der Waals surface area contributed by atoms with Gasteiger partial charge in [-0.3, -0.25) is 4.68 Å². The predicted octanol–water partition coefficient (Wildman–Crippen LogP) is 0.810. The summed E-state index contributed by atoms with van der Waals surface area (Å²) >= 11 is 0. The molecule has 0 N–H and O–H groups in total. The zero-order valence-corrected chi connectivity index (χ0v) is 7.65. The van der Waals surface area contributed by atoms with Crippen LogP contribution in [0.4, 0.5) is 0 Å². The molecule has 4 nitrogen and oxygen atoms in total. The molecule has 4 heteroatoms. The van der Waals surface area contributed by atoms with E-state index in [2.05, 4.69) is 5.10 Å². The lowest BCUT2D eigenvalue weighted by molar-refractivity contribution is -0.112. The molecule has 0 aromatic carbocycles. The maximum Gasteiger partial charge on any atom is 0.176 e. The molecule has 0 saturated carbocycles. The van der Waals surface area contributed by atoms with Gasteiger partial charge in [0.1, 0.15) is 0 Å². The van der Waals surface area contributed by atoms with Gasteiger partial charge in [-0.25, -0.2) is 0 Å². The topological polar surface area (TPSA) is 36.3 Å². The molecule has 0 radical (unpaired) electrons. The van der Waals surface area contributed by atoms with Crippen LogP contribution in [0.25, 0.3) is 0 Å². The van der Waals surface area contributed by atoms with Gasteiger partial charge < -0.3 is 9.47 Å². The highest BCUT2D eigenvalue weighted by Crippen LogP contribution is 2.00. The van der Waals surface area contributed by atoms with Crippen LogP contribution in [-0.2, 0) is 16.0 Å². The lowest BCUT2D eigenvalue weighted by atomic mass is 10.5. The average molecular weight is 170 g/mol. The first-order valence-electron chi connectivity index (χ1n) is 3.82. The van der Waals surface area contributed by atoms with E-state index in [4.69, 9.17) is 9.47 Å². The van der Waals surface area contributed by atoms with Gasteiger partial charge in [0.25, 0.3) is 0 Å². The molecule has 0 amide bonds. The van der Waals surface area contributed by atoms with Crippen LogP contribution in [0.5, 0.6) is 0 Å². The maximum atomic E-state index is 5.04. The smallest absolute Gasteiger partial charge is 0.176 e. The molecular formula is C8H14N2O2. The summed E-state index contributed by atoms with van der Waals surface area (Å²) in [7, 11) is 3.24. The average Bonchev–Trinajstić information content (AvgIpc) is 2.47. The third-order valence-corrected chi connectivity index (χ3v) is 1.78. The molecule has 1 aromatic rings. The summed E-state index contributed by atoms with van der Waals surface area (Å²) in [5.74, 6) is 0. The summed E-state index contributed by atoms with van der Waals surface area (Å²) in [4.78, 5) is 0. The number of hydrogen-bond acceptors (Lipinski definition) is 3. The Kier molecular flexibility index (Phi) is 3.25. The first kappa shape index (κ1) is 9.22. The van der Waals surface area contributed by atoms with Crippen molar-refractivity contribution in [1.29, 1.82) is 0 Å². The highest BCUT2D eigenvalue weighted by Gasteiger charge is 2.07. The first-order valence-corrected chi connectivity index (χ1v) is 3.82. The van der Waals surface area contributed by atoms with Gasteiger partial charge in [-0.1, -0.05) is 0 Å². The van der Waals surface area contributed by atoms with Gasteiger partial charge >= 0.3 is 0 Å². The molecule has 0 fully saturated rings. The number of aromatic nitrogens is 2. The molecule has 0 aliphatic heterocycles. The van der Waals surface area contributed by atoms with Gasteiger partial charge in [0.05, 0.1) is 6.54 Å². The maximum absolute atomic E-state index is 5.04. The van der Waals surface area contributed by atoms with E-state index in [0.29, 0.717) is 6.54 Å². The minimum atomic E-state index is -0.219. The van der Waals surface area contributed by atoms with Crippen molar-refractivity contribution in [3.8, 4) is 0 Å². The molecular weight excluding hydrogens is 156 g/mol. The van der Waals surface area contributed by atoms with Crippen molar-refractivity contribution in [2.75, 3.05) is 14.2 Å². The fourth-order valence-electron chi connectivity index (χ4n) is 0.976. The Hall–Kier alpha value is -0.870. The summed E-state index contributed by atoms with van der Waals surface area (Å²) in [5.41, 5.74) is 1.11. The van der Waals surface area contributed by atoms with Crippen molar-refractivity contribution in [3.63, 3.8) is 0 Å². The Morgan fingerprint density at radius 3 is 2.58 bits per heavy atom. The van der Waals surface area contributed by atoms with E-state index in [9.17, 15) is 0 Å². The Morgan fingerprint density at radius 1 is 1.50 bits per heavy atom. The summed E-state index contributed by atoms with van der Waals surface area (Å²) in [6.45, 7) is 2.63. The van der Waals surface area contributed by atoms with Gasteiger partial charge in [0.2, 0.25) is 0 Å². The molecule has 68 valence electrons. The van der Waals surface area contributed by atoms with Crippen molar-refractivity contribution in [1.82, 2.24) is 9.78 Å². The minimum Gasteiger partial charge on any atom is -0.354 e. The SMILES string of the molecule is COC(Cn1nccc1C)OC. The van der Waals surface area contributed by atoms with Crippen molar-refractivity contribution in [3.05, 3.63) is 18.0 Å². The standard InChI is InChI=1S/C8H14N2O2/c1-7-4-5-9-10(7)6-8(11-2)12-3/h4-5,8H,6H2,1-3H3. The number of nitrogens with zero attached hydrogens (tertiary/aromatic N) is 2. The van der Waals surface area contributed by atoms with E-state index in [1.54, 1.807) is 20.4 Å². The summed E-state index contributed by atoms with van der Waals surface area (Å²) in [6, 6.07) is 1.95. The highest BCUT2D eigenvalue weighted by atomic mass is 16.7. The summed E-state index contributed by atoms with van der Waals surface area (Å²) in [6.07, 6.45) is 1.54. The van der Waals surface area contributed by atoms with E-state index in [1.807, 2.05) is 17.7 Å². The van der Waals surface area contributed by atoms with Crippen LogP contribution in [0.3, 0.4) is 0 Å². The van der Waals surface area contributed by atoms with Crippen LogP contribution in [0, 0.1) is 6.92 Å². The number of methoxy groups -OCH3 is 2. The van der Waals surface area contributed by atoms with E-state index in [-0.39, 0.29) is 6.29 Å². The van der Waals surface area contributed by atoms with Gasteiger partial charge in [-0.2, -0.15) is 5.10 Å². The molecule has 0 spiro atoms. The zero-order chi connectivity index (χ0) is 8.97. The largest absolute Gasteiger partial charge is 0.354 e. The van der Waals surface area contributed by atoms with Crippen LogP contribution in [0.2, 0.25) is 0 Å². The van der Waals surface area contributed by atoms with Crippen LogP contribution in [0.15, 0.2) is 12.3 Å². The number of aryl methyl sites for hydroxylation is 1. The molecule has 0 aliphatic rings. The monoisotopic (exact) mass is 170 g/mol. The lowest BCUT2D eigenvalue weighted by Crippen LogP contribution is -2.21. The van der Waals surface area contributed by atoms with E-state index in [0.717, 1.165) is 5.69 Å². The second-order valence-electron chi connectivity index (χ2n) is 2.56.